The van der Waals surface area contributed by atoms with E-state index in [1.165, 1.54) is 0 Å². The lowest BCUT2D eigenvalue weighted by molar-refractivity contribution is -0.138. The summed E-state index contributed by atoms with van der Waals surface area (Å²) in [5.41, 5.74) is 0.342. The molecule has 0 aliphatic heterocycles. The molecule has 0 aliphatic carbocycles. The first-order valence-corrected chi connectivity index (χ1v) is 6.13. The minimum Gasteiger partial charge on any atom is -0.481 e. The molecule has 0 saturated heterocycles. The number of benzene rings is 1. The van der Waals surface area contributed by atoms with E-state index in [1.807, 2.05) is 0 Å². The molecule has 0 bridgehead atoms. The fraction of sp³-hybridized carbons (Fsp3) is 0.143. The summed E-state index contributed by atoms with van der Waals surface area (Å²) in [6.07, 6.45) is 0.817. The molecule has 0 spiro atoms. The molecule has 1 atom stereocenters. The molecule has 6 heteroatoms. The average molecular weight is 298 g/mol. The van der Waals surface area contributed by atoms with E-state index in [9.17, 15) is 18.7 Å². The highest BCUT2D eigenvalue weighted by molar-refractivity contribution is 6.30. The van der Waals surface area contributed by atoms with Crippen molar-refractivity contribution < 1.29 is 18.7 Å². The summed E-state index contributed by atoms with van der Waals surface area (Å²) in [5, 5.41) is 9.68. The fourth-order valence-corrected chi connectivity index (χ4v) is 2.10. The third-order valence-corrected chi connectivity index (χ3v) is 3.03. The predicted octanol–water partition coefficient (Wildman–Crippen LogP) is 3.42. The number of carboxylic acids is 1. The maximum Gasteiger partial charge on any atom is 0.313 e. The summed E-state index contributed by atoms with van der Waals surface area (Å²) in [7, 11) is 0. The normalized spacial score (nSPS) is 12.2. The van der Waals surface area contributed by atoms with Gasteiger partial charge in [0.25, 0.3) is 0 Å². The molecule has 0 aliphatic rings. The van der Waals surface area contributed by atoms with Gasteiger partial charge in [-0.25, -0.2) is 8.78 Å². The van der Waals surface area contributed by atoms with E-state index in [-0.39, 0.29) is 12.1 Å². The van der Waals surface area contributed by atoms with E-state index >= 15 is 0 Å². The largest absolute Gasteiger partial charge is 0.481 e. The number of carbonyl (C=O) groups is 1. The van der Waals surface area contributed by atoms with Crippen LogP contribution in [0.1, 0.15) is 17.2 Å². The van der Waals surface area contributed by atoms with Crippen LogP contribution in [0.2, 0.25) is 5.02 Å². The van der Waals surface area contributed by atoms with Gasteiger partial charge in [-0.1, -0.05) is 23.7 Å². The molecule has 1 N–H and O–H groups in total. The fourth-order valence-electron chi connectivity index (χ4n) is 1.88. The summed E-state index contributed by atoms with van der Waals surface area (Å²) in [5.74, 6) is -4.25. The van der Waals surface area contributed by atoms with Crippen LogP contribution in [0.5, 0.6) is 0 Å². The lowest BCUT2D eigenvalue weighted by atomic mass is 9.95. The van der Waals surface area contributed by atoms with E-state index in [2.05, 4.69) is 4.98 Å². The molecule has 3 nitrogen and oxygen atoms in total. The summed E-state index contributed by atoms with van der Waals surface area (Å²) in [4.78, 5) is 14.8. The zero-order valence-corrected chi connectivity index (χ0v) is 10.9. The lowest BCUT2D eigenvalue weighted by Gasteiger charge is -2.13. The molecule has 0 amide bonds. The van der Waals surface area contributed by atoms with Gasteiger partial charge in [-0.05, 0) is 24.1 Å². The molecule has 104 valence electrons. The Balaban J connectivity index is 2.34. The number of rotatable bonds is 4. The van der Waals surface area contributed by atoms with Gasteiger partial charge in [-0.2, -0.15) is 0 Å². The Bertz CT molecular complexity index is 649. The highest BCUT2D eigenvalue weighted by atomic mass is 35.5. The van der Waals surface area contributed by atoms with Crippen molar-refractivity contribution in [1.82, 2.24) is 4.98 Å². The number of nitrogens with zero attached hydrogens (tertiary/aromatic N) is 1. The van der Waals surface area contributed by atoms with Crippen molar-refractivity contribution in [2.45, 2.75) is 12.3 Å². The molecule has 0 saturated carbocycles. The van der Waals surface area contributed by atoms with Gasteiger partial charge < -0.3 is 5.11 Å². The Morgan fingerprint density at radius 1 is 1.35 bits per heavy atom. The number of aliphatic carboxylic acids is 1. The average Bonchev–Trinajstić information content (AvgIpc) is 2.36. The Kier molecular flexibility index (Phi) is 4.29. The monoisotopic (exact) mass is 297 g/mol. The van der Waals surface area contributed by atoms with E-state index in [4.69, 9.17) is 11.6 Å². The van der Waals surface area contributed by atoms with Gasteiger partial charge in [0.05, 0.1) is 11.9 Å². The van der Waals surface area contributed by atoms with Crippen LogP contribution in [0, 0.1) is 11.6 Å². The van der Waals surface area contributed by atoms with Crippen molar-refractivity contribution in [3.8, 4) is 0 Å². The summed E-state index contributed by atoms with van der Waals surface area (Å²) >= 11 is 5.82. The van der Waals surface area contributed by atoms with Crippen molar-refractivity contribution in [1.29, 1.82) is 0 Å². The molecular formula is C14H10ClF2NO2. The number of halogens is 3. The van der Waals surface area contributed by atoms with Crippen LogP contribution in [0.4, 0.5) is 8.78 Å². The van der Waals surface area contributed by atoms with Crippen molar-refractivity contribution in [2.75, 3.05) is 0 Å². The number of hydrogen-bond donors (Lipinski definition) is 1. The second-order valence-electron chi connectivity index (χ2n) is 4.25. The number of pyridine rings is 1. The van der Waals surface area contributed by atoms with Gasteiger partial charge in [0, 0.05) is 11.1 Å². The van der Waals surface area contributed by atoms with Gasteiger partial charge >= 0.3 is 5.97 Å². The molecular weight excluding hydrogens is 288 g/mol. The molecule has 1 aromatic heterocycles. The maximum absolute atomic E-state index is 13.7. The number of aromatic nitrogens is 1. The van der Waals surface area contributed by atoms with Crippen LogP contribution in [-0.2, 0) is 11.2 Å². The quantitative estimate of drug-likeness (QED) is 0.940. The summed E-state index contributed by atoms with van der Waals surface area (Å²) in [6, 6.07) is 7.22. The summed E-state index contributed by atoms with van der Waals surface area (Å²) < 4.78 is 26.5. The number of carboxylic acid groups (broad SMARTS) is 1. The van der Waals surface area contributed by atoms with Crippen LogP contribution < -0.4 is 0 Å². The molecule has 2 aromatic rings. The second-order valence-corrected chi connectivity index (χ2v) is 4.68. The standard InChI is InChI=1S/C14H10ClF2NO2/c15-9-3-1-2-8(4-9)5-11(14(19)20)13-12(17)6-10(16)7-18-13/h1-4,6-7,11H,5H2,(H,19,20). The summed E-state index contributed by atoms with van der Waals surface area (Å²) in [6.45, 7) is 0. The van der Waals surface area contributed by atoms with Crippen LogP contribution in [0.25, 0.3) is 0 Å². The molecule has 0 fully saturated rings. The van der Waals surface area contributed by atoms with Crippen molar-refractivity contribution in [2.24, 2.45) is 0 Å². The van der Waals surface area contributed by atoms with E-state index in [0.717, 1.165) is 6.20 Å². The minimum atomic E-state index is -1.23. The molecule has 1 unspecified atom stereocenters. The maximum atomic E-state index is 13.7. The first-order chi connectivity index (χ1) is 9.47. The van der Waals surface area contributed by atoms with Gasteiger partial charge in [-0.3, -0.25) is 9.78 Å². The SMILES string of the molecule is O=C(O)C(Cc1cccc(Cl)c1)c1ncc(F)cc1F. The lowest BCUT2D eigenvalue weighted by Crippen LogP contribution is -2.17. The molecule has 1 heterocycles. The molecule has 0 radical (unpaired) electrons. The highest BCUT2D eigenvalue weighted by Gasteiger charge is 2.25. The van der Waals surface area contributed by atoms with Gasteiger partial charge in [0.15, 0.2) is 0 Å². The zero-order chi connectivity index (χ0) is 14.7. The van der Waals surface area contributed by atoms with Crippen LogP contribution in [-0.4, -0.2) is 16.1 Å². The Morgan fingerprint density at radius 2 is 2.10 bits per heavy atom. The molecule has 20 heavy (non-hydrogen) atoms. The minimum absolute atomic E-state index is 0.0193. The Labute approximate surface area is 118 Å². The first kappa shape index (κ1) is 14.4. The Morgan fingerprint density at radius 3 is 2.70 bits per heavy atom. The van der Waals surface area contributed by atoms with Gasteiger partial charge in [0.1, 0.15) is 17.6 Å². The van der Waals surface area contributed by atoms with Crippen molar-refractivity contribution >= 4 is 17.6 Å². The van der Waals surface area contributed by atoms with Gasteiger partial charge in [-0.15, -0.1) is 0 Å². The topological polar surface area (TPSA) is 50.2 Å². The smallest absolute Gasteiger partial charge is 0.313 e. The van der Waals surface area contributed by atoms with Crippen LogP contribution in [0.15, 0.2) is 36.5 Å². The molecule has 2 rings (SSSR count). The highest BCUT2D eigenvalue weighted by Crippen LogP contribution is 2.24. The second kappa shape index (κ2) is 5.96. The van der Waals surface area contributed by atoms with Crippen molar-refractivity contribution in [3.05, 3.63) is 64.4 Å². The van der Waals surface area contributed by atoms with E-state index < -0.39 is 23.5 Å². The van der Waals surface area contributed by atoms with E-state index in [1.54, 1.807) is 24.3 Å². The zero-order valence-electron chi connectivity index (χ0n) is 10.2. The van der Waals surface area contributed by atoms with Crippen LogP contribution >= 0.6 is 11.6 Å². The number of hydrogen-bond acceptors (Lipinski definition) is 2. The third-order valence-electron chi connectivity index (χ3n) is 2.79. The van der Waals surface area contributed by atoms with Crippen LogP contribution in [0.3, 0.4) is 0 Å². The van der Waals surface area contributed by atoms with E-state index in [0.29, 0.717) is 16.7 Å². The molecule has 1 aromatic carbocycles. The predicted molar refractivity (Wildman–Crippen MR) is 69.7 cm³/mol. The first-order valence-electron chi connectivity index (χ1n) is 5.75. The third kappa shape index (κ3) is 3.30. The Hall–Kier alpha value is -2.01. The van der Waals surface area contributed by atoms with Crippen molar-refractivity contribution in [3.63, 3.8) is 0 Å². The van der Waals surface area contributed by atoms with Gasteiger partial charge in [0.2, 0.25) is 0 Å².